The molecule has 1 saturated heterocycles. The molecular weight excluding hydrogens is 1300 g/mol. The van der Waals surface area contributed by atoms with E-state index in [4.69, 9.17) is 36.8 Å². The van der Waals surface area contributed by atoms with E-state index >= 15 is 0 Å². The number of aromatic nitrogens is 7. The zero-order valence-electron chi connectivity index (χ0n) is 51.7. The van der Waals surface area contributed by atoms with Gasteiger partial charge in [0.15, 0.2) is 11.5 Å². The molecule has 0 aliphatic carbocycles. The van der Waals surface area contributed by atoms with Crippen LogP contribution >= 0.6 is 11.6 Å². The Morgan fingerprint density at radius 3 is 1.62 bits per heavy atom. The number of aromatic carboxylic acids is 1. The van der Waals surface area contributed by atoms with Crippen molar-refractivity contribution < 1.29 is 87.1 Å². The Bertz CT molecular complexity index is 4150. The molecule has 1 aliphatic heterocycles. The van der Waals surface area contributed by atoms with Gasteiger partial charge in [0.2, 0.25) is 5.88 Å². The molecule has 1 fully saturated rings. The van der Waals surface area contributed by atoms with E-state index in [2.05, 4.69) is 69.5 Å². The molecule has 96 heavy (non-hydrogen) atoms. The summed E-state index contributed by atoms with van der Waals surface area (Å²) in [7, 11) is 10.7. The lowest BCUT2D eigenvalue weighted by Gasteiger charge is -2.07. The summed E-state index contributed by atoms with van der Waals surface area (Å²) in [6.45, 7) is 1.85. The maximum Gasteiger partial charge on any atom is 0.371 e. The maximum absolute atomic E-state index is 11.5. The molecule has 8 aromatic rings. The fourth-order valence-electron chi connectivity index (χ4n) is 6.69. The van der Waals surface area contributed by atoms with Crippen LogP contribution in [0, 0.1) is 63.1 Å². The number of carbonyl (C=O) groups excluding carboxylic acids is 3. The first kappa shape index (κ1) is 78.7. The number of imide groups is 1. The molecule has 2 amide bonds. The molecule has 0 unspecified atom stereocenters. The van der Waals surface area contributed by atoms with Crippen molar-refractivity contribution in [2.75, 3.05) is 63.5 Å². The second-order valence-electron chi connectivity index (χ2n) is 16.7. The number of ether oxygens (including phenoxy) is 4. The average molecular weight is 1360 g/mol. The zero-order chi connectivity index (χ0) is 71.9. The Labute approximate surface area is 545 Å². The number of amides is 2. The van der Waals surface area contributed by atoms with E-state index in [1.165, 1.54) is 52.5 Å². The molecule has 9 rings (SSSR count). The van der Waals surface area contributed by atoms with Gasteiger partial charge in [-0.3, -0.25) is 59.7 Å². The number of benzene rings is 5. The van der Waals surface area contributed by atoms with Crippen LogP contribution in [-0.2, 0) is 33.6 Å². The largest absolute Gasteiger partial charge is 0.490 e. The highest BCUT2D eigenvalue weighted by Gasteiger charge is 2.30. The molecular formula is C56H55ClN16O23. The van der Waals surface area contributed by atoms with Crippen LogP contribution in [-0.4, -0.2) is 164 Å². The molecule has 4 heterocycles. The van der Waals surface area contributed by atoms with Crippen LogP contribution in [0.25, 0.3) is 21.9 Å². The number of oxime groups is 2. The molecule has 0 saturated carbocycles. The van der Waals surface area contributed by atoms with Crippen molar-refractivity contribution in [1.29, 1.82) is 10.5 Å². The highest BCUT2D eigenvalue weighted by molar-refractivity contribution is 6.42. The number of pyridine rings is 1. The molecule has 504 valence electrons. The number of hydroxylamine groups is 2. The number of halogens is 1. The predicted molar refractivity (Wildman–Crippen MR) is 332 cm³/mol. The van der Waals surface area contributed by atoms with Gasteiger partial charge in [-0.05, 0) is 58.6 Å². The van der Waals surface area contributed by atoms with Crippen molar-refractivity contribution >= 4 is 91.5 Å². The minimum atomic E-state index is -1.50. The van der Waals surface area contributed by atoms with E-state index in [0.717, 1.165) is 45.7 Å². The van der Waals surface area contributed by atoms with Gasteiger partial charge in [0.25, 0.3) is 29.0 Å². The monoisotopic (exact) mass is 1350 g/mol. The van der Waals surface area contributed by atoms with Gasteiger partial charge in [-0.2, -0.15) is 15.6 Å². The van der Waals surface area contributed by atoms with Gasteiger partial charge < -0.3 is 43.4 Å². The van der Waals surface area contributed by atoms with Gasteiger partial charge in [0, 0.05) is 42.7 Å². The molecule has 39 nitrogen and oxygen atoms in total. The third-order valence-electron chi connectivity index (χ3n) is 10.9. The van der Waals surface area contributed by atoms with Gasteiger partial charge in [-0.1, -0.05) is 87.4 Å². The van der Waals surface area contributed by atoms with E-state index in [0.29, 0.717) is 34.1 Å². The Balaban J connectivity index is 0.000000376. The van der Waals surface area contributed by atoms with E-state index in [1.807, 2.05) is 48.5 Å². The third kappa shape index (κ3) is 24.7. The van der Waals surface area contributed by atoms with Crippen LogP contribution in [0.2, 0.25) is 5.15 Å². The second-order valence-corrected chi connectivity index (χ2v) is 17.0. The Morgan fingerprint density at radius 1 is 0.615 bits per heavy atom. The van der Waals surface area contributed by atoms with Crippen molar-refractivity contribution in [2.45, 2.75) is 19.8 Å². The summed E-state index contributed by atoms with van der Waals surface area (Å²) in [5, 5.41) is 91.1. The van der Waals surface area contributed by atoms with Crippen LogP contribution in [0.1, 0.15) is 35.7 Å². The predicted octanol–water partition coefficient (Wildman–Crippen LogP) is 6.14. The van der Waals surface area contributed by atoms with Gasteiger partial charge in [-0.15, -0.1) is 10.2 Å². The molecule has 1 N–H and O–H groups in total. The lowest BCUT2D eigenvalue weighted by Crippen LogP contribution is -2.28. The zero-order valence-corrected chi connectivity index (χ0v) is 52.5. The minimum absolute atomic E-state index is 0.000556. The van der Waals surface area contributed by atoms with Crippen molar-refractivity contribution in [3.05, 3.63) is 194 Å². The number of carboxylic acid groups (broad SMARTS) is 1. The third-order valence-corrected chi connectivity index (χ3v) is 11.1. The van der Waals surface area contributed by atoms with Crippen LogP contribution in [0.3, 0.4) is 0 Å². The topological polar surface area (TPSA) is 511 Å². The Hall–Kier alpha value is -13.4. The second kappa shape index (κ2) is 41.8. The van der Waals surface area contributed by atoms with Crippen molar-refractivity contribution in [3.8, 4) is 29.5 Å². The van der Waals surface area contributed by atoms with E-state index in [1.54, 1.807) is 75.7 Å². The number of nitriles is 2. The molecule has 0 bridgehead atoms. The van der Waals surface area contributed by atoms with E-state index in [9.17, 15) is 64.4 Å². The summed E-state index contributed by atoms with van der Waals surface area (Å²) in [6, 6.07) is 37.1. The highest BCUT2D eigenvalue weighted by atomic mass is 35.5. The first-order valence-corrected chi connectivity index (χ1v) is 26.5. The quantitative estimate of drug-likeness (QED) is 0.0283. The number of carboxylic acids is 1. The fraction of sp³-hybridized carbons (Fsp3) is 0.214. The Kier molecular flexibility index (Phi) is 34.2. The number of hydrogen-bond donors (Lipinski definition) is 1. The first-order valence-electron chi connectivity index (χ1n) is 26.2. The minimum Gasteiger partial charge on any atom is -0.490 e. The lowest BCUT2D eigenvalue weighted by molar-refractivity contribution is -0.395. The molecule has 40 heteroatoms. The summed E-state index contributed by atoms with van der Waals surface area (Å²) in [6.07, 6.45) is 0.569. The van der Waals surface area contributed by atoms with Crippen molar-refractivity contribution in [1.82, 2.24) is 40.4 Å². The average Bonchev–Trinajstić information content (AvgIpc) is 0.957. The van der Waals surface area contributed by atoms with Crippen molar-refractivity contribution in [2.24, 2.45) is 10.3 Å². The fourth-order valence-corrected chi connectivity index (χ4v) is 6.85. The van der Waals surface area contributed by atoms with Gasteiger partial charge in [-0.25, -0.2) is 14.6 Å². The normalized spacial score (nSPS) is 10.8. The number of nitro groups is 4. The SMILES string of the molecule is CCOC(=O)/C(C#N)=N/OC.CO/N=C(\C#N)c1ccccc1.CON1C(=O)CCC1=O.COc1c([N+](=O)[O-])cc(C(=O)O)cc1[N+](=O)[O-].COc1ccc([N+](=O)[O-])cc1[N+](=O)[O-].COc1cccc(Cl)n1.COn1nnc2ccccc21.COn1nnc2ccccc2c1=O. The number of nitrogens with zero attached hydrogens (tertiary/aromatic N) is 16. The lowest BCUT2D eigenvalue weighted by atomic mass is 10.1. The maximum atomic E-state index is 11.5. The molecule has 3 aromatic heterocycles. The van der Waals surface area contributed by atoms with Crippen LogP contribution < -0.4 is 29.4 Å². The number of non-ortho nitro benzene ring substituents is 1. The van der Waals surface area contributed by atoms with Crippen molar-refractivity contribution in [3.63, 3.8) is 0 Å². The molecule has 0 radical (unpaired) electrons. The summed E-state index contributed by atoms with van der Waals surface area (Å²) in [5.74, 6) is -2.80. The van der Waals surface area contributed by atoms with Crippen LogP contribution in [0.15, 0.2) is 142 Å². The molecule has 0 spiro atoms. The van der Waals surface area contributed by atoms with Gasteiger partial charge in [0.05, 0.1) is 71.8 Å². The number of hydrogen-bond acceptors (Lipinski definition) is 31. The van der Waals surface area contributed by atoms with E-state index in [-0.39, 0.29) is 59.7 Å². The first-order chi connectivity index (χ1) is 45.9. The number of nitro benzene ring substituents is 4. The summed E-state index contributed by atoms with van der Waals surface area (Å²) >= 11 is 5.53. The summed E-state index contributed by atoms with van der Waals surface area (Å²) in [4.78, 5) is 122. The molecule has 5 aromatic carbocycles. The summed E-state index contributed by atoms with van der Waals surface area (Å²) in [5.41, 5.74) is -0.158. The standard InChI is InChI=1S/C9H8N2O.C8H7N3O2.C8H6N2O7.C7H7N3O.C7H6N2O5.C6H6ClNO.C6H8N2O3.C5H7NO3/c1-12-11-9(7-10)8-5-3-2-4-6-8;1-13-11-8(12)6-4-2-3-5-7(6)9-10-11;1-17-7-5(9(13)14)2-4(8(11)12)3-6(7)10(15)16;1-11-10-7-5-3-2-4-6(7)8-9-10;1-14-7-3-2-5(8(10)11)4-6(7)9(12)13;1-9-6-4-2-3-5(7)8-6;1-3-11-6(9)5(4-7)8-10-2;1-9-6-4(7)2-3-5(6)8/h2-6H,1H3;2-5H,1H3;2-3H,1H3,(H,11,12);2-5H,1H3;2-4H,1H3;2-4H,1H3;3H2,1-2H3;2-3H2,1H3/b11-9+;;;;;;8-5+;. The van der Waals surface area contributed by atoms with Gasteiger partial charge >= 0.3 is 34.6 Å². The number of methoxy groups -OCH3 is 3. The number of fused-ring (bicyclic) bond motifs is 2. The van der Waals surface area contributed by atoms with Crippen LogP contribution in [0.4, 0.5) is 22.7 Å². The highest BCUT2D eigenvalue weighted by Crippen LogP contribution is 2.38. The molecule has 0 atom stereocenters. The van der Waals surface area contributed by atoms with E-state index < -0.39 is 60.0 Å². The number of esters is 1. The van der Waals surface area contributed by atoms with Crippen LogP contribution in [0.5, 0.6) is 17.4 Å². The van der Waals surface area contributed by atoms with Gasteiger partial charge in [0.1, 0.15) is 62.3 Å². The summed E-state index contributed by atoms with van der Waals surface area (Å²) < 4.78 is 18.5. The number of para-hydroxylation sites is 1. The molecule has 1 aliphatic rings. The number of rotatable bonds is 16. The number of carbonyl (C=O) groups is 4. The Morgan fingerprint density at radius 2 is 1.17 bits per heavy atom. The smallest absolute Gasteiger partial charge is 0.371 e.